The van der Waals surface area contributed by atoms with Gasteiger partial charge in [0.2, 0.25) is 0 Å². The number of hydrogen-bond donors (Lipinski definition) is 1. The van der Waals surface area contributed by atoms with Crippen molar-refractivity contribution in [1.29, 1.82) is 0 Å². The Balaban J connectivity index is 1.55. The fourth-order valence-electron chi connectivity index (χ4n) is 3.65. The van der Waals surface area contributed by atoms with Gasteiger partial charge in [-0.25, -0.2) is 0 Å². The minimum Gasteiger partial charge on any atom is -0.317 e. The van der Waals surface area contributed by atoms with Crippen molar-refractivity contribution in [3.63, 3.8) is 0 Å². The lowest BCUT2D eigenvalue weighted by Gasteiger charge is -2.38. The predicted molar refractivity (Wildman–Crippen MR) is 90.9 cm³/mol. The van der Waals surface area contributed by atoms with E-state index < -0.39 is 0 Å². The van der Waals surface area contributed by atoms with E-state index in [-0.39, 0.29) is 0 Å². The van der Waals surface area contributed by atoms with E-state index in [4.69, 9.17) is 0 Å². The van der Waals surface area contributed by atoms with Crippen LogP contribution in [0, 0.1) is 5.92 Å². The molecule has 0 atom stereocenters. The van der Waals surface area contributed by atoms with Crippen LogP contribution in [0.25, 0.3) is 0 Å². The van der Waals surface area contributed by atoms with E-state index in [0.717, 1.165) is 12.5 Å². The van der Waals surface area contributed by atoms with Gasteiger partial charge in [-0.1, -0.05) is 13.8 Å². The third-order valence-corrected chi connectivity index (χ3v) is 5.21. The Morgan fingerprint density at radius 2 is 1.52 bits per heavy atom. The van der Waals surface area contributed by atoms with Gasteiger partial charge in [-0.2, -0.15) is 0 Å². The molecule has 0 unspecified atom stereocenters. The van der Waals surface area contributed by atoms with Gasteiger partial charge < -0.3 is 20.0 Å². The van der Waals surface area contributed by atoms with E-state index in [1.165, 1.54) is 84.7 Å². The zero-order chi connectivity index (χ0) is 14.9. The highest BCUT2D eigenvalue weighted by atomic mass is 15.3. The van der Waals surface area contributed by atoms with Crippen molar-refractivity contribution < 1.29 is 0 Å². The van der Waals surface area contributed by atoms with Crippen LogP contribution in [0.4, 0.5) is 0 Å². The Bertz CT molecular complexity index is 256. The molecular formula is C17H36N4. The van der Waals surface area contributed by atoms with Crippen LogP contribution in [0.5, 0.6) is 0 Å². The number of hydrogen-bond acceptors (Lipinski definition) is 4. The van der Waals surface area contributed by atoms with Crippen LogP contribution in [-0.4, -0.2) is 86.7 Å². The second-order valence-corrected chi connectivity index (χ2v) is 6.73. The summed E-state index contributed by atoms with van der Waals surface area (Å²) in [5, 5.41) is 3.42. The summed E-state index contributed by atoms with van der Waals surface area (Å²) >= 11 is 0. The summed E-state index contributed by atoms with van der Waals surface area (Å²) in [7, 11) is 0. The Labute approximate surface area is 131 Å². The summed E-state index contributed by atoms with van der Waals surface area (Å²) < 4.78 is 0. The number of piperidine rings is 1. The van der Waals surface area contributed by atoms with E-state index in [0.29, 0.717) is 0 Å². The molecule has 0 radical (unpaired) electrons. The molecule has 0 aliphatic carbocycles. The van der Waals surface area contributed by atoms with Gasteiger partial charge in [-0.05, 0) is 64.4 Å². The molecule has 124 valence electrons. The predicted octanol–water partition coefficient (Wildman–Crippen LogP) is 1.34. The molecule has 0 amide bonds. The molecular weight excluding hydrogens is 260 g/mol. The lowest BCUT2D eigenvalue weighted by molar-refractivity contribution is 0.0958. The molecule has 2 rings (SSSR count). The molecule has 2 aliphatic heterocycles. The van der Waals surface area contributed by atoms with E-state index in [9.17, 15) is 0 Å². The van der Waals surface area contributed by atoms with Crippen LogP contribution in [0.1, 0.15) is 33.1 Å². The molecule has 2 heterocycles. The monoisotopic (exact) mass is 296 g/mol. The van der Waals surface area contributed by atoms with Crippen LogP contribution < -0.4 is 5.32 Å². The van der Waals surface area contributed by atoms with Crippen LogP contribution in [0.15, 0.2) is 0 Å². The SMILES string of the molecule is CCNCCCN1CCN(CC2CCN(CC)CC2)CC1. The third-order valence-electron chi connectivity index (χ3n) is 5.21. The molecule has 0 aromatic heterocycles. The summed E-state index contributed by atoms with van der Waals surface area (Å²) in [6.45, 7) is 18.4. The van der Waals surface area contributed by atoms with Gasteiger partial charge in [-0.3, -0.25) is 0 Å². The topological polar surface area (TPSA) is 21.8 Å². The molecule has 0 saturated carbocycles. The van der Waals surface area contributed by atoms with Crippen molar-refractivity contribution in [2.75, 3.05) is 72.0 Å². The number of piperazine rings is 1. The smallest absolute Gasteiger partial charge is 0.0110 e. The molecule has 0 spiro atoms. The second kappa shape index (κ2) is 9.78. The highest BCUT2D eigenvalue weighted by Crippen LogP contribution is 2.18. The van der Waals surface area contributed by atoms with Crippen LogP contribution in [-0.2, 0) is 0 Å². The molecule has 4 heteroatoms. The van der Waals surface area contributed by atoms with Crippen LogP contribution >= 0.6 is 0 Å². The molecule has 0 aromatic rings. The van der Waals surface area contributed by atoms with Crippen molar-refractivity contribution in [2.45, 2.75) is 33.1 Å². The van der Waals surface area contributed by atoms with Crippen molar-refractivity contribution in [2.24, 2.45) is 5.92 Å². The quantitative estimate of drug-likeness (QED) is 0.682. The highest BCUT2D eigenvalue weighted by Gasteiger charge is 2.23. The molecule has 2 fully saturated rings. The fourth-order valence-corrected chi connectivity index (χ4v) is 3.65. The van der Waals surface area contributed by atoms with Gasteiger partial charge in [0, 0.05) is 32.7 Å². The Hall–Kier alpha value is -0.160. The fraction of sp³-hybridized carbons (Fsp3) is 1.00. The molecule has 0 aromatic carbocycles. The lowest BCUT2D eigenvalue weighted by atomic mass is 9.96. The summed E-state index contributed by atoms with van der Waals surface area (Å²) in [5.74, 6) is 0.952. The molecule has 0 bridgehead atoms. The standard InChI is InChI=1S/C17H36N4/c1-3-18-8-5-9-20-12-14-21(15-13-20)16-17-6-10-19(4-2)11-7-17/h17-18H,3-16H2,1-2H3. The van der Waals surface area contributed by atoms with Crippen LogP contribution in [0.2, 0.25) is 0 Å². The molecule has 1 N–H and O–H groups in total. The Morgan fingerprint density at radius 3 is 2.14 bits per heavy atom. The zero-order valence-corrected chi connectivity index (χ0v) is 14.3. The van der Waals surface area contributed by atoms with E-state index >= 15 is 0 Å². The first-order valence-electron chi connectivity index (χ1n) is 9.19. The first-order valence-corrected chi connectivity index (χ1v) is 9.19. The average Bonchev–Trinajstić information content (AvgIpc) is 2.54. The maximum absolute atomic E-state index is 3.42. The van der Waals surface area contributed by atoms with E-state index in [1.54, 1.807) is 0 Å². The molecule has 2 saturated heterocycles. The zero-order valence-electron chi connectivity index (χ0n) is 14.3. The van der Waals surface area contributed by atoms with Gasteiger partial charge in [-0.15, -0.1) is 0 Å². The largest absolute Gasteiger partial charge is 0.317 e. The minimum atomic E-state index is 0.952. The van der Waals surface area contributed by atoms with Crippen molar-refractivity contribution in [3.8, 4) is 0 Å². The molecule has 21 heavy (non-hydrogen) atoms. The maximum atomic E-state index is 3.42. The molecule has 2 aliphatic rings. The van der Waals surface area contributed by atoms with Gasteiger partial charge in [0.1, 0.15) is 0 Å². The first kappa shape index (κ1) is 17.2. The third kappa shape index (κ3) is 6.23. The summed E-state index contributed by atoms with van der Waals surface area (Å²) in [6.07, 6.45) is 4.12. The van der Waals surface area contributed by atoms with E-state index in [2.05, 4.69) is 33.9 Å². The second-order valence-electron chi connectivity index (χ2n) is 6.73. The van der Waals surface area contributed by atoms with Gasteiger partial charge in [0.05, 0.1) is 0 Å². The van der Waals surface area contributed by atoms with Crippen molar-refractivity contribution >= 4 is 0 Å². The highest BCUT2D eigenvalue weighted by molar-refractivity contribution is 4.78. The Morgan fingerprint density at radius 1 is 0.857 bits per heavy atom. The lowest BCUT2D eigenvalue weighted by Crippen LogP contribution is -2.49. The van der Waals surface area contributed by atoms with Crippen molar-refractivity contribution in [3.05, 3.63) is 0 Å². The Kier molecular flexibility index (Phi) is 8.01. The maximum Gasteiger partial charge on any atom is 0.0110 e. The first-order chi connectivity index (χ1) is 10.3. The van der Waals surface area contributed by atoms with E-state index in [1.807, 2.05) is 0 Å². The van der Waals surface area contributed by atoms with Crippen molar-refractivity contribution in [1.82, 2.24) is 20.0 Å². The van der Waals surface area contributed by atoms with Gasteiger partial charge in [0.25, 0.3) is 0 Å². The molecule has 4 nitrogen and oxygen atoms in total. The normalized spacial score (nSPS) is 23.7. The number of likely N-dealkylation sites (tertiary alicyclic amines) is 1. The number of nitrogens with zero attached hydrogens (tertiary/aromatic N) is 3. The minimum absolute atomic E-state index is 0.952. The average molecular weight is 297 g/mol. The number of nitrogens with one attached hydrogen (secondary N) is 1. The van der Waals surface area contributed by atoms with Crippen LogP contribution in [0.3, 0.4) is 0 Å². The van der Waals surface area contributed by atoms with Gasteiger partial charge in [0.15, 0.2) is 0 Å². The summed E-state index contributed by atoms with van der Waals surface area (Å²) in [4.78, 5) is 7.96. The van der Waals surface area contributed by atoms with Gasteiger partial charge >= 0.3 is 0 Å². The summed E-state index contributed by atoms with van der Waals surface area (Å²) in [6, 6.07) is 0. The summed E-state index contributed by atoms with van der Waals surface area (Å²) in [5.41, 5.74) is 0. The number of rotatable bonds is 8.